The van der Waals surface area contributed by atoms with Crippen molar-refractivity contribution >= 4 is 6.01 Å². The lowest BCUT2D eigenvalue weighted by molar-refractivity contribution is 0.207. The van der Waals surface area contributed by atoms with Gasteiger partial charge in [-0.25, -0.2) is 0 Å². The molecule has 1 atom stereocenters. The molecular formula is C13H17N3O4. The van der Waals surface area contributed by atoms with Crippen molar-refractivity contribution in [1.82, 2.24) is 10.1 Å². The van der Waals surface area contributed by atoms with Crippen molar-refractivity contribution < 1.29 is 19.1 Å². The second-order valence-corrected chi connectivity index (χ2v) is 4.22. The summed E-state index contributed by atoms with van der Waals surface area (Å²) in [6.07, 6.45) is -0.494. The molecule has 0 spiro atoms. The Morgan fingerprint density at radius 1 is 1.30 bits per heavy atom. The van der Waals surface area contributed by atoms with Gasteiger partial charge in [0.1, 0.15) is 0 Å². The Hall–Kier alpha value is -2.28. The molecule has 7 nitrogen and oxygen atoms in total. The van der Waals surface area contributed by atoms with E-state index in [2.05, 4.69) is 15.5 Å². The first-order chi connectivity index (χ1) is 9.63. The Morgan fingerprint density at radius 3 is 2.70 bits per heavy atom. The number of hydrogen-bond acceptors (Lipinski definition) is 7. The van der Waals surface area contributed by atoms with Gasteiger partial charge in [-0.15, -0.1) is 0 Å². The third kappa shape index (κ3) is 3.18. The highest BCUT2D eigenvalue weighted by atomic mass is 16.5. The number of hydrogen-bond donors (Lipinski definition) is 2. The Labute approximate surface area is 116 Å². The van der Waals surface area contributed by atoms with Gasteiger partial charge < -0.3 is 24.4 Å². The monoisotopic (exact) mass is 279 g/mol. The highest BCUT2D eigenvalue weighted by Gasteiger charge is 2.12. The van der Waals surface area contributed by atoms with Gasteiger partial charge in [0.05, 0.1) is 20.3 Å². The highest BCUT2D eigenvalue weighted by molar-refractivity contribution is 5.61. The van der Waals surface area contributed by atoms with Gasteiger partial charge in [0.15, 0.2) is 11.5 Å². The molecule has 7 heteroatoms. The van der Waals surface area contributed by atoms with Crippen LogP contribution in [-0.4, -0.2) is 42.1 Å². The van der Waals surface area contributed by atoms with Crippen LogP contribution in [0.5, 0.6) is 11.5 Å². The lowest BCUT2D eigenvalue weighted by Gasteiger charge is -2.07. The standard InChI is InChI=1S/C13H17N3O4/c1-8(17)7-14-13-15-12(16-20-13)9-4-5-10(18-2)11(6-9)19-3/h4-6,8,17H,7H2,1-3H3,(H,14,15,16). The van der Waals surface area contributed by atoms with Crippen LogP contribution in [0, 0.1) is 0 Å². The van der Waals surface area contributed by atoms with Crippen LogP contribution in [0.15, 0.2) is 22.7 Å². The van der Waals surface area contributed by atoms with Crippen molar-refractivity contribution in [2.45, 2.75) is 13.0 Å². The van der Waals surface area contributed by atoms with Gasteiger partial charge in [-0.2, -0.15) is 4.98 Å². The summed E-state index contributed by atoms with van der Waals surface area (Å²) in [5.41, 5.74) is 0.747. The first kappa shape index (κ1) is 14.1. The van der Waals surface area contributed by atoms with Gasteiger partial charge in [0.2, 0.25) is 5.82 Å². The SMILES string of the molecule is COc1ccc(-c2noc(NCC(C)O)n2)cc1OC. The molecule has 20 heavy (non-hydrogen) atoms. The molecule has 0 bridgehead atoms. The second kappa shape index (κ2) is 6.25. The van der Waals surface area contributed by atoms with E-state index in [0.29, 0.717) is 23.9 Å². The van der Waals surface area contributed by atoms with Gasteiger partial charge in [-0.05, 0) is 25.1 Å². The van der Waals surface area contributed by atoms with E-state index in [0.717, 1.165) is 5.56 Å². The minimum absolute atomic E-state index is 0.260. The predicted molar refractivity (Wildman–Crippen MR) is 73.0 cm³/mol. The molecule has 1 aromatic carbocycles. The van der Waals surface area contributed by atoms with Crippen molar-refractivity contribution in [3.05, 3.63) is 18.2 Å². The summed E-state index contributed by atoms with van der Waals surface area (Å²) in [4.78, 5) is 4.19. The van der Waals surface area contributed by atoms with Crippen molar-refractivity contribution in [3.8, 4) is 22.9 Å². The summed E-state index contributed by atoms with van der Waals surface area (Å²) < 4.78 is 15.4. The molecule has 0 saturated carbocycles. The molecule has 0 saturated heterocycles. The first-order valence-electron chi connectivity index (χ1n) is 6.12. The highest BCUT2D eigenvalue weighted by Crippen LogP contribution is 2.31. The fraction of sp³-hybridized carbons (Fsp3) is 0.385. The summed E-state index contributed by atoms with van der Waals surface area (Å²) in [6.45, 7) is 2.01. The van der Waals surface area contributed by atoms with E-state index >= 15 is 0 Å². The summed E-state index contributed by atoms with van der Waals surface area (Å²) in [5.74, 6) is 1.65. The second-order valence-electron chi connectivity index (χ2n) is 4.22. The number of rotatable bonds is 6. The fourth-order valence-corrected chi connectivity index (χ4v) is 1.62. The molecule has 2 rings (SSSR count). The lowest BCUT2D eigenvalue weighted by Crippen LogP contribution is -2.15. The zero-order chi connectivity index (χ0) is 14.5. The maximum Gasteiger partial charge on any atom is 0.321 e. The quantitative estimate of drug-likeness (QED) is 0.829. The van der Waals surface area contributed by atoms with Gasteiger partial charge in [-0.1, -0.05) is 5.16 Å². The first-order valence-corrected chi connectivity index (χ1v) is 6.12. The number of anilines is 1. The molecule has 2 aromatic rings. The number of methoxy groups -OCH3 is 2. The van der Waals surface area contributed by atoms with Crippen molar-refractivity contribution in [2.24, 2.45) is 0 Å². The van der Waals surface area contributed by atoms with Crippen molar-refractivity contribution in [1.29, 1.82) is 0 Å². The average Bonchev–Trinajstić information content (AvgIpc) is 2.93. The average molecular weight is 279 g/mol. The zero-order valence-electron chi connectivity index (χ0n) is 11.6. The molecule has 0 aliphatic carbocycles. The van der Waals surface area contributed by atoms with E-state index in [9.17, 15) is 5.11 Å². The molecule has 1 heterocycles. The normalized spacial score (nSPS) is 12.0. The predicted octanol–water partition coefficient (Wildman–Crippen LogP) is 1.55. The Bertz CT molecular complexity index is 568. The molecule has 0 aliphatic rings. The van der Waals surface area contributed by atoms with Crippen LogP contribution in [0.3, 0.4) is 0 Å². The number of aliphatic hydroxyl groups is 1. The van der Waals surface area contributed by atoms with Crippen LogP contribution in [0.4, 0.5) is 6.01 Å². The van der Waals surface area contributed by atoms with Crippen molar-refractivity contribution in [3.63, 3.8) is 0 Å². The lowest BCUT2D eigenvalue weighted by atomic mass is 10.2. The molecule has 0 radical (unpaired) electrons. The molecule has 0 aliphatic heterocycles. The van der Waals surface area contributed by atoms with Crippen LogP contribution in [0.25, 0.3) is 11.4 Å². The maximum atomic E-state index is 9.18. The van der Waals surface area contributed by atoms with E-state index in [1.165, 1.54) is 0 Å². The minimum Gasteiger partial charge on any atom is -0.493 e. The van der Waals surface area contributed by atoms with Gasteiger partial charge >= 0.3 is 6.01 Å². The van der Waals surface area contributed by atoms with E-state index < -0.39 is 6.10 Å². The minimum atomic E-state index is -0.494. The third-order valence-corrected chi connectivity index (χ3v) is 2.62. The van der Waals surface area contributed by atoms with E-state index in [1.54, 1.807) is 33.3 Å². The van der Waals surface area contributed by atoms with Crippen LogP contribution < -0.4 is 14.8 Å². The molecule has 2 N–H and O–H groups in total. The van der Waals surface area contributed by atoms with Crippen LogP contribution >= 0.6 is 0 Å². The van der Waals surface area contributed by atoms with Crippen LogP contribution in [0.2, 0.25) is 0 Å². The van der Waals surface area contributed by atoms with E-state index in [1.807, 2.05) is 6.07 Å². The molecule has 1 aromatic heterocycles. The van der Waals surface area contributed by atoms with Crippen molar-refractivity contribution in [2.75, 3.05) is 26.1 Å². The number of nitrogens with zero attached hydrogens (tertiary/aromatic N) is 2. The smallest absolute Gasteiger partial charge is 0.321 e. The molecule has 108 valence electrons. The largest absolute Gasteiger partial charge is 0.493 e. The Balaban J connectivity index is 2.19. The number of nitrogens with one attached hydrogen (secondary N) is 1. The fourth-order valence-electron chi connectivity index (χ4n) is 1.62. The molecule has 1 unspecified atom stereocenters. The summed E-state index contributed by atoms with van der Waals surface area (Å²) in [5, 5.41) is 15.9. The molecule has 0 fully saturated rings. The number of aromatic nitrogens is 2. The number of benzene rings is 1. The summed E-state index contributed by atoms with van der Waals surface area (Å²) in [6, 6.07) is 5.61. The van der Waals surface area contributed by atoms with Gasteiger partial charge in [-0.3, -0.25) is 0 Å². The van der Waals surface area contributed by atoms with Crippen LogP contribution in [-0.2, 0) is 0 Å². The van der Waals surface area contributed by atoms with E-state index in [4.69, 9.17) is 14.0 Å². The number of ether oxygens (including phenoxy) is 2. The molecular weight excluding hydrogens is 262 g/mol. The Morgan fingerprint density at radius 2 is 2.05 bits per heavy atom. The zero-order valence-corrected chi connectivity index (χ0v) is 11.6. The Kier molecular flexibility index (Phi) is 4.41. The topological polar surface area (TPSA) is 89.6 Å². The molecule has 0 amide bonds. The van der Waals surface area contributed by atoms with Gasteiger partial charge in [0, 0.05) is 12.1 Å². The summed E-state index contributed by atoms with van der Waals surface area (Å²) in [7, 11) is 3.14. The maximum absolute atomic E-state index is 9.18. The number of aliphatic hydroxyl groups excluding tert-OH is 1. The van der Waals surface area contributed by atoms with Crippen LogP contribution in [0.1, 0.15) is 6.92 Å². The summed E-state index contributed by atoms with van der Waals surface area (Å²) >= 11 is 0. The van der Waals surface area contributed by atoms with Gasteiger partial charge in [0.25, 0.3) is 0 Å². The van der Waals surface area contributed by atoms with E-state index in [-0.39, 0.29) is 6.01 Å². The third-order valence-electron chi connectivity index (χ3n) is 2.62.